The second-order valence-electron chi connectivity index (χ2n) is 7.29. The summed E-state index contributed by atoms with van der Waals surface area (Å²) in [6.45, 7) is 2.43. The van der Waals surface area contributed by atoms with Gasteiger partial charge in [0.2, 0.25) is 0 Å². The molecule has 0 aliphatic carbocycles. The van der Waals surface area contributed by atoms with Gasteiger partial charge < -0.3 is 19.3 Å². The largest absolute Gasteiger partial charge is 0.492 e. The molecule has 152 valence electrons. The zero-order chi connectivity index (χ0) is 20.3. The van der Waals surface area contributed by atoms with Crippen LogP contribution < -0.4 is 4.74 Å². The zero-order valence-electron chi connectivity index (χ0n) is 15.9. The van der Waals surface area contributed by atoms with E-state index in [0.717, 1.165) is 5.75 Å². The standard InChI is InChI=1S/C21H22ClN3O4/c22-16-6-7-18(23-14-16)19(26)24-10-8-21(9-11-24)15-25(20(27)29-21)12-13-28-17-4-2-1-3-5-17/h1-7,14H,8-13,15H2. The smallest absolute Gasteiger partial charge is 0.410 e. The lowest BCUT2D eigenvalue weighted by Crippen LogP contribution is -2.49. The molecule has 29 heavy (non-hydrogen) atoms. The number of carbonyl (C=O) groups is 2. The van der Waals surface area contributed by atoms with E-state index >= 15 is 0 Å². The van der Waals surface area contributed by atoms with Crippen LogP contribution in [0.25, 0.3) is 0 Å². The Morgan fingerprint density at radius 2 is 1.93 bits per heavy atom. The Kier molecular flexibility index (Phi) is 5.58. The van der Waals surface area contributed by atoms with Gasteiger partial charge in [0.1, 0.15) is 23.7 Å². The molecule has 2 saturated heterocycles. The van der Waals surface area contributed by atoms with Crippen molar-refractivity contribution in [2.45, 2.75) is 18.4 Å². The van der Waals surface area contributed by atoms with Crippen LogP contribution in [0, 0.1) is 0 Å². The van der Waals surface area contributed by atoms with Gasteiger partial charge in [0.15, 0.2) is 0 Å². The maximum Gasteiger partial charge on any atom is 0.410 e. The normalized spacial score (nSPS) is 18.0. The number of halogens is 1. The predicted molar refractivity (Wildman–Crippen MR) is 107 cm³/mol. The fourth-order valence-electron chi connectivity index (χ4n) is 3.70. The van der Waals surface area contributed by atoms with Crippen molar-refractivity contribution < 1.29 is 19.1 Å². The molecule has 2 aromatic rings. The Bertz CT molecular complexity index is 867. The summed E-state index contributed by atoms with van der Waals surface area (Å²) in [4.78, 5) is 32.4. The number of para-hydroxylation sites is 1. The van der Waals surface area contributed by atoms with Gasteiger partial charge in [0.05, 0.1) is 18.1 Å². The SMILES string of the molecule is O=C1OC2(CCN(C(=O)c3ccc(Cl)cn3)CC2)CN1CCOc1ccccc1. The van der Waals surface area contributed by atoms with Gasteiger partial charge in [-0.15, -0.1) is 0 Å². The van der Waals surface area contributed by atoms with E-state index in [2.05, 4.69) is 4.98 Å². The second kappa shape index (κ2) is 8.29. The third kappa shape index (κ3) is 4.45. The summed E-state index contributed by atoms with van der Waals surface area (Å²) >= 11 is 5.83. The highest BCUT2D eigenvalue weighted by molar-refractivity contribution is 6.30. The van der Waals surface area contributed by atoms with Crippen LogP contribution in [0.1, 0.15) is 23.3 Å². The molecule has 2 fully saturated rings. The minimum atomic E-state index is -0.534. The summed E-state index contributed by atoms with van der Waals surface area (Å²) < 4.78 is 11.4. The number of hydrogen-bond acceptors (Lipinski definition) is 5. The lowest BCUT2D eigenvalue weighted by Gasteiger charge is -2.37. The number of aromatic nitrogens is 1. The van der Waals surface area contributed by atoms with Crippen LogP contribution in [-0.2, 0) is 4.74 Å². The van der Waals surface area contributed by atoms with Crippen molar-refractivity contribution in [2.75, 3.05) is 32.8 Å². The minimum Gasteiger partial charge on any atom is -0.492 e. The molecule has 0 bridgehead atoms. The number of hydrogen-bond donors (Lipinski definition) is 0. The van der Waals surface area contributed by atoms with Gasteiger partial charge in [-0.25, -0.2) is 9.78 Å². The maximum absolute atomic E-state index is 12.6. The second-order valence-corrected chi connectivity index (χ2v) is 7.72. The number of piperidine rings is 1. The molecular weight excluding hydrogens is 394 g/mol. The number of rotatable bonds is 5. The maximum atomic E-state index is 12.6. The molecule has 3 heterocycles. The highest BCUT2D eigenvalue weighted by Gasteiger charge is 2.47. The monoisotopic (exact) mass is 415 g/mol. The Morgan fingerprint density at radius 1 is 1.17 bits per heavy atom. The first-order valence-electron chi connectivity index (χ1n) is 9.61. The van der Waals surface area contributed by atoms with E-state index in [1.54, 1.807) is 21.9 Å². The van der Waals surface area contributed by atoms with Crippen LogP contribution in [0.5, 0.6) is 5.75 Å². The van der Waals surface area contributed by atoms with Crippen LogP contribution in [0.4, 0.5) is 4.79 Å². The van der Waals surface area contributed by atoms with Gasteiger partial charge >= 0.3 is 6.09 Å². The Labute approximate surface area is 174 Å². The Balaban J connectivity index is 1.28. The fourth-order valence-corrected chi connectivity index (χ4v) is 3.81. The van der Waals surface area contributed by atoms with Gasteiger partial charge in [-0.1, -0.05) is 29.8 Å². The van der Waals surface area contributed by atoms with Gasteiger partial charge in [0, 0.05) is 32.1 Å². The minimum absolute atomic E-state index is 0.131. The van der Waals surface area contributed by atoms with Gasteiger partial charge in [0.25, 0.3) is 5.91 Å². The molecule has 2 aliphatic heterocycles. The average Bonchev–Trinajstić information content (AvgIpc) is 3.04. The molecule has 0 unspecified atom stereocenters. The third-order valence-corrected chi connectivity index (χ3v) is 5.55. The van der Waals surface area contributed by atoms with E-state index in [9.17, 15) is 9.59 Å². The summed E-state index contributed by atoms with van der Waals surface area (Å²) in [5.74, 6) is 0.645. The summed E-state index contributed by atoms with van der Waals surface area (Å²) in [7, 11) is 0. The summed E-state index contributed by atoms with van der Waals surface area (Å²) in [6, 6.07) is 12.8. The first-order chi connectivity index (χ1) is 14.0. The molecule has 0 saturated carbocycles. The number of nitrogens with zero attached hydrogens (tertiary/aromatic N) is 3. The number of likely N-dealkylation sites (tertiary alicyclic amines) is 1. The summed E-state index contributed by atoms with van der Waals surface area (Å²) in [6.07, 6.45) is 2.36. The molecule has 7 nitrogen and oxygen atoms in total. The zero-order valence-corrected chi connectivity index (χ0v) is 16.7. The van der Waals surface area contributed by atoms with Crippen molar-refractivity contribution in [1.29, 1.82) is 0 Å². The lowest BCUT2D eigenvalue weighted by molar-refractivity contribution is 0.00296. The molecule has 0 radical (unpaired) electrons. The number of amides is 2. The highest BCUT2D eigenvalue weighted by atomic mass is 35.5. The van der Waals surface area contributed by atoms with Crippen molar-refractivity contribution in [2.24, 2.45) is 0 Å². The fraction of sp³-hybridized carbons (Fsp3) is 0.381. The third-order valence-electron chi connectivity index (χ3n) is 5.32. The predicted octanol–water partition coefficient (Wildman–Crippen LogP) is 3.24. The van der Waals surface area contributed by atoms with Crippen LogP contribution in [0.2, 0.25) is 5.02 Å². The number of pyridine rings is 1. The van der Waals surface area contributed by atoms with Crippen LogP contribution in [-0.4, -0.2) is 65.2 Å². The van der Waals surface area contributed by atoms with Crippen molar-refractivity contribution in [3.8, 4) is 5.75 Å². The van der Waals surface area contributed by atoms with E-state index in [4.69, 9.17) is 21.1 Å². The molecule has 0 atom stereocenters. The van der Waals surface area contributed by atoms with E-state index in [1.807, 2.05) is 30.3 Å². The van der Waals surface area contributed by atoms with Crippen LogP contribution in [0.3, 0.4) is 0 Å². The lowest BCUT2D eigenvalue weighted by atomic mass is 9.91. The molecule has 4 rings (SSSR count). The molecule has 2 amide bonds. The average molecular weight is 416 g/mol. The number of benzene rings is 1. The molecule has 1 spiro atoms. The summed E-state index contributed by atoms with van der Waals surface area (Å²) in [5.41, 5.74) is -0.165. The van der Waals surface area contributed by atoms with E-state index in [0.29, 0.717) is 56.3 Å². The molecule has 2 aliphatic rings. The van der Waals surface area contributed by atoms with Gasteiger partial charge in [-0.3, -0.25) is 4.79 Å². The van der Waals surface area contributed by atoms with Crippen molar-refractivity contribution >= 4 is 23.6 Å². The van der Waals surface area contributed by atoms with E-state index < -0.39 is 5.60 Å². The van der Waals surface area contributed by atoms with Crippen molar-refractivity contribution in [3.05, 3.63) is 59.4 Å². The van der Waals surface area contributed by atoms with Gasteiger partial charge in [-0.2, -0.15) is 0 Å². The number of carbonyl (C=O) groups excluding carboxylic acids is 2. The number of ether oxygens (including phenoxy) is 2. The molecule has 1 aromatic heterocycles. The summed E-state index contributed by atoms with van der Waals surface area (Å²) in [5, 5.41) is 0.494. The van der Waals surface area contributed by atoms with Gasteiger partial charge in [-0.05, 0) is 24.3 Å². The highest BCUT2D eigenvalue weighted by Crippen LogP contribution is 2.33. The molecule has 1 aromatic carbocycles. The van der Waals surface area contributed by atoms with E-state index in [1.165, 1.54) is 6.20 Å². The Morgan fingerprint density at radius 3 is 2.62 bits per heavy atom. The molecule has 0 N–H and O–H groups in total. The first-order valence-corrected chi connectivity index (χ1v) is 9.99. The Hall–Kier alpha value is -2.80. The van der Waals surface area contributed by atoms with Crippen molar-refractivity contribution in [3.63, 3.8) is 0 Å². The quantitative estimate of drug-likeness (QED) is 0.749. The molecular formula is C21H22ClN3O4. The topological polar surface area (TPSA) is 72.0 Å². The van der Waals surface area contributed by atoms with Crippen molar-refractivity contribution in [1.82, 2.24) is 14.8 Å². The molecule has 8 heteroatoms. The van der Waals surface area contributed by atoms with E-state index in [-0.39, 0.29) is 12.0 Å². The van der Waals surface area contributed by atoms with Crippen LogP contribution in [0.15, 0.2) is 48.7 Å². The van der Waals surface area contributed by atoms with Crippen LogP contribution >= 0.6 is 11.6 Å². The first kappa shape index (κ1) is 19.5.